The van der Waals surface area contributed by atoms with Gasteiger partial charge in [-0.05, 0) is 37.0 Å². The van der Waals surface area contributed by atoms with E-state index in [0.717, 1.165) is 18.9 Å². The van der Waals surface area contributed by atoms with Crippen molar-refractivity contribution in [2.75, 3.05) is 6.54 Å². The van der Waals surface area contributed by atoms with E-state index in [-0.39, 0.29) is 5.91 Å². The van der Waals surface area contributed by atoms with Crippen molar-refractivity contribution in [2.24, 2.45) is 5.73 Å². The van der Waals surface area contributed by atoms with Crippen LogP contribution in [-0.2, 0) is 11.2 Å². The maximum atomic E-state index is 13.0. The molecule has 5 heteroatoms. The van der Waals surface area contributed by atoms with Gasteiger partial charge in [-0.2, -0.15) is 0 Å². The highest BCUT2D eigenvalue weighted by Crippen LogP contribution is 2.27. The van der Waals surface area contributed by atoms with E-state index in [1.807, 2.05) is 0 Å². The summed E-state index contributed by atoms with van der Waals surface area (Å²) in [6.45, 7) is 0.334. The molecule has 0 bridgehead atoms. The topological polar surface area (TPSA) is 55.1 Å². The van der Waals surface area contributed by atoms with Gasteiger partial charge in [-0.15, -0.1) is 0 Å². The summed E-state index contributed by atoms with van der Waals surface area (Å²) in [5.74, 6) is -1.37. The quantitative estimate of drug-likeness (QED) is 0.876. The molecule has 0 aromatic heterocycles. The Bertz CT molecular complexity index is 450. The van der Waals surface area contributed by atoms with Crippen molar-refractivity contribution >= 4 is 5.91 Å². The molecule has 0 saturated heterocycles. The highest BCUT2D eigenvalue weighted by molar-refractivity contribution is 5.86. The Kier molecular flexibility index (Phi) is 4.14. The van der Waals surface area contributed by atoms with Crippen LogP contribution < -0.4 is 11.1 Å². The van der Waals surface area contributed by atoms with Gasteiger partial charge < -0.3 is 11.1 Å². The molecule has 1 fully saturated rings. The Morgan fingerprint density at radius 3 is 2.37 bits per heavy atom. The second-order valence-electron chi connectivity index (χ2n) is 5.15. The van der Waals surface area contributed by atoms with Gasteiger partial charge in [0.1, 0.15) is 11.6 Å². The van der Waals surface area contributed by atoms with E-state index >= 15 is 0 Å². The lowest BCUT2D eigenvalue weighted by Gasteiger charge is -2.22. The Labute approximate surface area is 111 Å². The van der Waals surface area contributed by atoms with Crippen molar-refractivity contribution < 1.29 is 13.6 Å². The van der Waals surface area contributed by atoms with Gasteiger partial charge >= 0.3 is 0 Å². The van der Waals surface area contributed by atoms with Gasteiger partial charge in [0.25, 0.3) is 0 Å². The number of benzene rings is 1. The van der Waals surface area contributed by atoms with E-state index in [4.69, 9.17) is 5.73 Å². The van der Waals surface area contributed by atoms with Gasteiger partial charge in [0.15, 0.2) is 0 Å². The molecule has 0 unspecified atom stereocenters. The molecule has 1 aromatic rings. The predicted molar refractivity (Wildman–Crippen MR) is 68.5 cm³/mol. The zero-order valence-corrected chi connectivity index (χ0v) is 10.7. The summed E-state index contributed by atoms with van der Waals surface area (Å²) in [6, 6.07) is 3.36. The summed E-state index contributed by atoms with van der Waals surface area (Å²) in [5.41, 5.74) is 5.76. The molecule has 1 aromatic carbocycles. The molecule has 1 saturated carbocycles. The molecular formula is C14H18F2N2O. The molecule has 0 atom stereocenters. The van der Waals surface area contributed by atoms with Crippen molar-refractivity contribution in [1.29, 1.82) is 0 Å². The first-order chi connectivity index (χ1) is 8.99. The molecule has 2 rings (SSSR count). The molecule has 0 heterocycles. The van der Waals surface area contributed by atoms with Crippen molar-refractivity contribution in [3.05, 3.63) is 35.4 Å². The number of hydrogen-bond donors (Lipinski definition) is 2. The third-order valence-corrected chi connectivity index (χ3v) is 3.57. The van der Waals surface area contributed by atoms with Crippen LogP contribution >= 0.6 is 0 Å². The summed E-state index contributed by atoms with van der Waals surface area (Å²) in [6.07, 6.45) is 3.73. The summed E-state index contributed by atoms with van der Waals surface area (Å²) < 4.78 is 25.9. The number of halogens is 2. The second kappa shape index (κ2) is 5.65. The number of carbonyl (C=O) groups excluding carboxylic acids is 1. The Morgan fingerprint density at radius 2 is 1.79 bits per heavy atom. The molecule has 19 heavy (non-hydrogen) atoms. The molecule has 1 aliphatic carbocycles. The van der Waals surface area contributed by atoms with Gasteiger partial charge in [-0.3, -0.25) is 4.79 Å². The lowest BCUT2D eigenvalue weighted by atomic mass is 9.98. The Hall–Kier alpha value is -1.49. The Balaban J connectivity index is 1.84. The van der Waals surface area contributed by atoms with Crippen molar-refractivity contribution in [3.63, 3.8) is 0 Å². The first-order valence-electron chi connectivity index (χ1n) is 6.52. The standard InChI is InChI=1S/C14H18F2N2O/c15-11-7-10(8-12(16)9-11)3-6-18-13(19)14(17)4-1-2-5-14/h7-9H,1-6,17H2,(H,18,19). The molecule has 1 amide bonds. The lowest BCUT2D eigenvalue weighted by molar-refractivity contribution is -0.126. The minimum Gasteiger partial charge on any atom is -0.354 e. The first-order valence-corrected chi connectivity index (χ1v) is 6.52. The molecule has 3 nitrogen and oxygen atoms in total. The highest BCUT2D eigenvalue weighted by Gasteiger charge is 2.36. The van der Waals surface area contributed by atoms with Gasteiger partial charge in [0.05, 0.1) is 5.54 Å². The van der Waals surface area contributed by atoms with E-state index in [2.05, 4.69) is 5.32 Å². The smallest absolute Gasteiger partial charge is 0.240 e. The fourth-order valence-electron chi connectivity index (χ4n) is 2.48. The number of nitrogens with one attached hydrogen (secondary N) is 1. The zero-order valence-electron chi connectivity index (χ0n) is 10.7. The van der Waals surface area contributed by atoms with Crippen LogP contribution in [0.25, 0.3) is 0 Å². The fourth-order valence-corrected chi connectivity index (χ4v) is 2.48. The van der Waals surface area contributed by atoms with Gasteiger partial charge in [0, 0.05) is 12.6 Å². The van der Waals surface area contributed by atoms with Crippen LogP contribution in [0.3, 0.4) is 0 Å². The average Bonchev–Trinajstić information content (AvgIpc) is 2.76. The van der Waals surface area contributed by atoms with Gasteiger partial charge in [-0.1, -0.05) is 12.8 Å². The highest BCUT2D eigenvalue weighted by atomic mass is 19.1. The van der Waals surface area contributed by atoms with E-state index < -0.39 is 17.2 Å². The zero-order chi connectivity index (χ0) is 13.9. The van der Waals surface area contributed by atoms with Crippen molar-refractivity contribution in [1.82, 2.24) is 5.32 Å². The summed E-state index contributed by atoms with van der Waals surface area (Å²) in [4.78, 5) is 11.9. The lowest BCUT2D eigenvalue weighted by Crippen LogP contribution is -2.52. The maximum Gasteiger partial charge on any atom is 0.240 e. The second-order valence-corrected chi connectivity index (χ2v) is 5.15. The average molecular weight is 268 g/mol. The SMILES string of the molecule is NC1(C(=O)NCCc2cc(F)cc(F)c2)CCCC1. The van der Waals surface area contributed by atoms with Crippen molar-refractivity contribution in [3.8, 4) is 0 Å². The van der Waals surface area contributed by atoms with Crippen LogP contribution in [0.4, 0.5) is 8.78 Å². The minimum absolute atomic E-state index is 0.165. The number of rotatable bonds is 4. The predicted octanol–water partition coefficient (Wildman–Crippen LogP) is 1.89. The number of hydrogen-bond acceptors (Lipinski definition) is 2. The van der Waals surface area contributed by atoms with Crippen LogP contribution in [0, 0.1) is 11.6 Å². The van der Waals surface area contributed by atoms with Crippen LogP contribution in [0.2, 0.25) is 0 Å². The normalized spacial score (nSPS) is 17.4. The molecular weight excluding hydrogens is 250 g/mol. The maximum absolute atomic E-state index is 13.0. The monoisotopic (exact) mass is 268 g/mol. The Morgan fingerprint density at radius 1 is 1.21 bits per heavy atom. The van der Waals surface area contributed by atoms with E-state index in [1.54, 1.807) is 0 Å². The summed E-state index contributed by atoms with van der Waals surface area (Å²) in [7, 11) is 0. The van der Waals surface area contributed by atoms with E-state index in [0.29, 0.717) is 31.4 Å². The third-order valence-electron chi connectivity index (χ3n) is 3.57. The van der Waals surface area contributed by atoms with Crippen LogP contribution in [0.5, 0.6) is 0 Å². The van der Waals surface area contributed by atoms with Crippen molar-refractivity contribution in [2.45, 2.75) is 37.6 Å². The van der Waals surface area contributed by atoms with Crippen LogP contribution in [-0.4, -0.2) is 18.0 Å². The number of amides is 1. The van der Waals surface area contributed by atoms with Crippen LogP contribution in [0.1, 0.15) is 31.2 Å². The molecule has 0 radical (unpaired) electrons. The first kappa shape index (κ1) is 13.9. The third kappa shape index (κ3) is 3.50. The number of carbonyl (C=O) groups is 1. The minimum atomic E-state index is -0.757. The van der Waals surface area contributed by atoms with E-state index in [1.165, 1.54) is 12.1 Å². The fraction of sp³-hybridized carbons (Fsp3) is 0.500. The molecule has 1 aliphatic rings. The number of nitrogens with two attached hydrogens (primary N) is 1. The van der Waals surface area contributed by atoms with E-state index in [9.17, 15) is 13.6 Å². The summed E-state index contributed by atoms with van der Waals surface area (Å²) in [5, 5.41) is 2.74. The van der Waals surface area contributed by atoms with Crippen LogP contribution in [0.15, 0.2) is 18.2 Å². The van der Waals surface area contributed by atoms with Gasteiger partial charge in [0.2, 0.25) is 5.91 Å². The molecule has 0 spiro atoms. The molecule has 104 valence electrons. The molecule has 0 aliphatic heterocycles. The molecule has 3 N–H and O–H groups in total. The van der Waals surface area contributed by atoms with Gasteiger partial charge in [-0.25, -0.2) is 8.78 Å². The summed E-state index contributed by atoms with van der Waals surface area (Å²) >= 11 is 0. The largest absolute Gasteiger partial charge is 0.354 e.